The van der Waals surface area contributed by atoms with Gasteiger partial charge < -0.3 is 9.47 Å². The normalized spacial score (nSPS) is 10.7. The van der Waals surface area contributed by atoms with Crippen LogP contribution in [-0.4, -0.2) is 29.0 Å². The number of aliphatic imine (C=N–C) groups is 1. The maximum absolute atomic E-state index is 5.48. The highest BCUT2D eigenvalue weighted by Crippen LogP contribution is 2.25. The topological polar surface area (TPSA) is 48.6 Å². The minimum atomic E-state index is 0.681. The fraction of sp³-hybridized carbons (Fsp3) is 0.176. The Morgan fingerprint density at radius 2 is 1.23 bits per heavy atom. The van der Waals surface area contributed by atoms with Gasteiger partial charge in [-0.1, -0.05) is 35.4 Å². The van der Waals surface area contributed by atoms with E-state index in [1.165, 1.54) is 11.1 Å². The Hall–Kier alpha value is -4.64. The zero-order chi connectivity index (χ0) is 27.5. The van der Waals surface area contributed by atoms with Crippen LogP contribution in [0.3, 0.4) is 0 Å². The number of rotatable bonds is 8. The van der Waals surface area contributed by atoms with E-state index < -0.39 is 0 Å². The first-order valence-electron chi connectivity index (χ1n) is 13.2. The van der Waals surface area contributed by atoms with Crippen LogP contribution >= 0.6 is 0 Å². The number of imidazole rings is 1. The Labute approximate surface area is 231 Å². The molecular formula is C34H35N3O2. The molecule has 5 heteroatoms. The van der Waals surface area contributed by atoms with Crippen molar-refractivity contribution in [3.8, 4) is 28.4 Å². The monoisotopic (exact) mass is 517 g/mol. The van der Waals surface area contributed by atoms with Gasteiger partial charge in [-0.15, -0.1) is 0 Å². The summed E-state index contributed by atoms with van der Waals surface area (Å²) < 4.78 is 13.0. The Bertz CT molecular complexity index is 1450. The second-order valence-corrected chi connectivity index (χ2v) is 9.04. The largest absolute Gasteiger partial charge is 0.494 e. The van der Waals surface area contributed by atoms with Gasteiger partial charge >= 0.3 is 0 Å². The van der Waals surface area contributed by atoms with E-state index in [1.807, 2.05) is 81.1 Å². The molecule has 4 aromatic carbocycles. The quantitative estimate of drug-likeness (QED) is 0.194. The third kappa shape index (κ3) is 7.92. The van der Waals surface area contributed by atoms with Gasteiger partial charge in [0, 0.05) is 17.5 Å². The molecule has 39 heavy (non-hydrogen) atoms. The molecule has 198 valence electrons. The van der Waals surface area contributed by atoms with E-state index in [0.717, 1.165) is 39.7 Å². The minimum absolute atomic E-state index is 0.681. The van der Waals surface area contributed by atoms with E-state index >= 15 is 0 Å². The second-order valence-electron chi connectivity index (χ2n) is 9.04. The van der Waals surface area contributed by atoms with Crippen molar-refractivity contribution < 1.29 is 9.47 Å². The number of ether oxygens (including phenoxy) is 2. The lowest BCUT2D eigenvalue weighted by atomic mass is 10.1. The van der Waals surface area contributed by atoms with Gasteiger partial charge in [0.15, 0.2) is 0 Å². The summed E-state index contributed by atoms with van der Waals surface area (Å²) in [5.41, 5.74) is 7.84. The summed E-state index contributed by atoms with van der Waals surface area (Å²) in [6.45, 7) is 9.50. The van der Waals surface area contributed by atoms with Gasteiger partial charge in [0.1, 0.15) is 11.5 Å². The predicted octanol–water partition coefficient (Wildman–Crippen LogP) is 8.39. The van der Waals surface area contributed by atoms with Gasteiger partial charge in [0.05, 0.1) is 37.1 Å². The molecule has 1 aromatic heterocycles. The van der Waals surface area contributed by atoms with E-state index in [4.69, 9.17) is 9.47 Å². The lowest BCUT2D eigenvalue weighted by Crippen LogP contribution is -1.95. The standard InChI is InChI=1S/C18H18N2O.C16H17NO/c1-3-21-17-10-6-15(7-11-17)18-12-19-13-20(18)16-8-4-14(2)5-9-16;1-3-18-16-10-6-14(7-11-16)12-17-15-8-4-13(2)5-9-15/h4-13H,3H2,1-2H3;4-12H,3H2,1-2H3. The number of hydrogen-bond acceptors (Lipinski definition) is 4. The Morgan fingerprint density at radius 3 is 1.79 bits per heavy atom. The van der Waals surface area contributed by atoms with Crippen LogP contribution in [0.5, 0.6) is 11.5 Å². The number of benzene rings is 4. The molecule has 0 spiro atoms. The zero-order valence-corrected chi connectivity index (χ0v) is 23.0. The van der Waals surface area contributed by atoms with Crippen LogP contribution in [0.15, 0.2) is 115 Å². The molecule has 5 nitrogen and oxygen atoms in total. The van der Waals surface area contributed by atoms with E-state index in [9.17, 15) is 0 Å². The predicted molar refractivity (Wildman–Crippen MR) is 161 cm³/mol. The van der Waals surface area contributed by atoms with Crippen LogP contribution < -0.4 is 9.47 Å². The maximum atomic E-state index is 5.48. The lowest BCUT2D eigenvalue weighted by molar-refractivity contribution is 0.340. The SMILES string of the molecule is CCOc1ccc(-c2cncn2-c2ccc(C)cc2)cc1.CCOc1ccc(C=Nc2ccc(C)cc2)cc1. The molecule has 0 fully saturated rings. The average molecular weight is 518 g/mol. The van der Waals surface area contributed by atoms with Crippen LogP contribution in [0, 0.1) is 13.8 Å². The average Bonchev–Trinajstić information content (AvgIpc) is 3.45. The summed E-state index contributed by atoms with van der Waals surface area (Å²) in [6, 6.07) is 32.6. The molecule has 0 amide bonds. The molecular weight excluding hydrogens is 482 g/mol. The molecule has 5 rings (SSSR count). The summed E-state index contributed by atoms with van der Waals surface area (Å²) in [5, 5.41) is 0. The first-order chi connectivity index (χ1) is 19.1. The van der Waals surface area contributed by atoms with Crippen molar-refractivity contribution in [3.63, 3.8) is 0 Å². The molecule has 0 aliphatic heterocycles. The van der Waals surface area contributed by atoms with Crippen LogP contribution in [0.1, 0.15) is 30.5 Å². The van der Waals surface area contributed by atoms with Crippen molar-refractivity contribution in [2.75, 3.05) is 13.2 Å². The molecule has 0 saturated carbocycles. The van der Waals surface area contributed by atoms with Crippen LogP contribution in [0.25, 0.3) is 16.9 Å². The first kappa shape index (κ1) is 27.4. The Kier molecular flexibility index (Phi) is 9.68. The molecule has 1 heterocycles. The number of aryl methyl sites for hydroxylation is 2. The van der Waals surface area contributed by atoms with Gasteiger partial charge in [-0.05, 0) is 106 Å². The van der Waals surface area contributed by atoms with Crippen LogP contribution in [0.4, 0.5) is 5.69 Å². The van der Waals surface area contributed by atoms with Crippen molar-refractivity contribution in [1.82, 2.24) is 9.55 Å². The summed E-state index contributed by atoms with van der Waals surface area (Å²) in [4.78, 5) is 8.72. The first-order valence-corrected chi connectivity index (χ1v) is 13.2. The van der Waals surface area contributed by atoms with Crippen molar-refractivity contribution in [2.24, 2.45) is 4.99 Å². The Balaban J connectivity index is 0.000000183. The highest BCUT2D eigenvalue weighted by molar-refractivity contribution is 5.82. The van der Waals surface area contributed by atoms with Gasteiger partial charge in [-0.2, -0.15) is 0 Å². The number of nitrogens with zero attached hydrogens (tertiary/aromatic N) is 3. The van der Waals surface area contributed by atoms with E-state index in [-0.39, 0.29) is 0 Å². The van der Waals surface area contributed by atoms with Gasteiger partial charge in [-0.25, -0.2) is 4.98 Å². The molecule has 0 aliphatic rings. The van der Waals surface area contributed by atoms with E-state index in [0.29, 0.717) is 13.2 Å². The van der Waals surface area contributed by atoms with Crippen LogP contribution in [-0.2, 0) is 0 Å². The molecule has 0 atom stereocenters. The molecule has 0 radical (unpaired) electrons. The van der Waals surface area contributed by atoms with E-state index in [1.54, 1.807) is 0 Å². The van der Waals surface area contributed by atoms with Crippen molar-refractivity contribution >= 4 is 11.9 Å². The molecule has 0 N–H and O–H groups in total. The van der Waals surface area contributed by atoms with Crippen molar-refractivity contribution in [1.29, 1.82) is 0 Å². The highest BCUT2D eigenvalue weighted by Gasteiger charge is 2.07. The zero-order valence-electron chi connectivity index (χ0n) is 23.0. The summed E-state index contributed by atoms with van der Waals surface area (Å²) in [7, 11) is 0. The lowest BCUT2D eigenvalue weighted by Gasteiger charge is -2.09. The second kappa shape index (κ2) is 13.8. The molecule has 0 aliphatic carbocycles. The van der Waals surface area contributed by atoms with Gasteiger partial charge in [0.25, 0.3) is 0 Å². The third-order valence-electron chi connectivity index (χ3n) is 6.00. The summed E-state index contributed by atoms with van der Waals surface area (Å²) in [6.07, 6.45) is 5.59. The molecule has 0 unspecified atom stereocenters. The van der Waals surface area contributed by atoms with E-state index in [2.05, 4.69) is 76.9 Å². The maximum Gasteiger partial charge on any atom is 0.119 e. The fourth-order valence-corrected chi connectivity index (χ4v) is 3.91. The molecule has 5 aromatic rings. The third-order valence-corrected chi connectivity index (χ3v) is 6.00. The minimum Gasteiger partial charge on any atom is -0.494 e. The molecule has 0 bridgehead atoms. The van der Waals surface area contributed by atoms with Crippen molar-refractivity contribution in [2.45, 2.75) is 27.7 Å². The Morgan fingerprint density at radius 1 is 0.692 bits per heavy atom. The number of hydrogen-bond donors (Lipinski definition) is 0. The highest BCUT2D eigenvalue weighted by atomic mass is 16.5. The van der Waals surface area contributed by atoms with Crippen LogP contribution in [0.2, 0.25) is 0 Å². The fourth-order valence-electron chi connectivity index (χ4n) is 3.91. The smallest absolute Gasteiger partial charge is 0.119 e. The number of aromatic nitrogens is 2. The summed E-state index contributed by atoms with van der Waals surface area (Å²) >= 11 is 0. The van der Waals surface area contributed by atoms with Gasteiger partial charge in [-0.3, -0.25) is 9.56 Å². The molecule has 0 saturated heterocycles. The summed E-state index contributed by atoms with van der Waals surface area (Å²) in [5.74, 6) is 1.78. The van der Waals surface area contributed by atoms with Gasteiger partial charge in [0.2, 0.25) is 0 Å². The van der Waals surface area contributed by atoms with Crippen molar-refractivity contribution in [3.05, 3.63) is 126 Å².